The predicted molar refractivity (Wildman–Crippen MR) is 76.9 cm³/mol. The topological polar surface area (TPSA) is 66.6 Å². The summed E-state index contributed by atoms with van der Waals surface area (Å²) in [5.74, 6) is 0.310. The molecule has 0 aromatic heterocycles. The van der Waals surface area contributed by atoms with Crippen LogP contribution in [0.25, 0.3) is 0 Å². The van der Waals surface area contributed by atoms with Gasteiger partial charge in [0.2, 0.25) is 0 Å². The van der Waals surface area contributed by atoms with Gasteiger partial charge in [-0.3, -0.25) is 0 Å². The first-order chi connectivity index (χ1) is 8.96. The van der Waals surface area contributed by atoms with Crippen LogP contribution in [0.4, 0.5) is 0 Å². The summed E-state index contributed by atoms with van der Waals surface area (Å²) in [4.78, 5) is 0. The second kappa shape index (κ2) is 6.08. The summed E-state index contributed by atoms with van der Waals surface area (Å²) in [7, 11) is -1.58. The van der Waals surface area contributed by atoms with Crippen molar-refractivity contribution in [1.82, 2.24) is 8.61 Å². The van der Waals surface area contributed by atoms with Crippen molar-refractivity contribution in [3.63, 3.8) is 0 Å². The highest BCUT2D eigenvalue weighted by molar-refractivity contribution is 7.86. The number of hydrogen-bond acceptors (Lipinski definition) is 3. The number of hydrogen-bond donors (Lipinski definition) is 1. The summed E-state index contributed by atoms with van der Waals surface area (Å²) in [5.41, 5.74) is 5.69. The van der Waals surface area contributed by atoms with E-state index in [1.807, 2.05) is 6.92 Å². The minimum absolute atomic E-state index is 0.0737. The monoisotopic (exact) mass is 289 g/mol. The van der Waals surface area contributed by atoms with Crippen molar-refractivity contribution in [3.05, 3.63) is 0 Å². The fourth-order valence-corrected chi connectivity index (χ4v) is 5.26. The molecule has 2 aliphatic rings. The third kappa shape index (κ3) is 3.12. The van der Waals surface area contributed by atoms with E-state index in [0.717, 1.165) is 32.1 Å². The number of nitrogens with zero attached hydrogens (tertiary/aromatic N) is 2. The van der Waals surface area contributed by atoms with Gasteiger partial charge in [-0.1, -0.05) is 19.3 Å². The molecule has 1 heterocycles. The molecular weight excluding hydrogens is 262 g/mol. The van der Waals surface area contributed by atoms with Crippen LogP contribution in [-0.4, -0.2) is 49.2 Å². The largest absolute Gasteiger partial charge is 0.330 e. The molecule has 0 radical (unpaired) electrons. The van der Waals surface area contributed by atoms with Crippen LogP contribution in [0.2, 0.25) is 0 Å². The van der Waals surface area contributed by atoms with Crippen LogP contribution in [0.1, 0.15) is 45.4 Å². The van der Waals surface area contributed by atoms with Gasteiger partial charge in [0.05, 0.1) is 0 Å². The minimum atomic E-state index is -3.32. The molecule has 5 nitrogen and oxygen atoms in total. The number of nitrogens with two attached hydrogens (primary N) is 1. The van der Waals surface area contributed by atoms with Crippen LogP contribution in [-0.2, 0) is 10.2 Å². The van der Waals surface area contributed by atoms with Crippen molar-refractivity contribution in [1.29, 1.82) is 0 Å². The second-order valence-electron chi connectivity index (χ2n) is 6.07. The van der Waals surface area contributed by atoms with E-state index >= 15 is 0 Å². The van der Waals surface area contributed by atoms with Gasteiger partial charge in [0.1, 0.15) is 0 Å². The summed E-state index contributed by atoms with van der Waals surface area (Å²) >= 11 is 0. The van der Waals surface area contributed by atoms with Crippen LogP contribution in [0.3, 0.4) is 0 Å². The van der Waals surface area contributed by atoms with Crippen molar-refractivity contribution >= 4 is 10.2 Å². The van der Waals surface area contributed by atoms with Crippen LogP contribution in [0.5, 0.6) is 0 Å². The smallest absolute Gasteiger partial charge is 0.282 e. The molecule has 19 heavy (non-hydrogen) atoms. The zero-order valence-electron chi connectivity index (χ0n) is 12.1. The molecule has 1 saturated carbocycles. The lowest BCUT2D eigenvalue weighted by Gasteiger charge is -2.34. The molecule has 0 aromatic carbocycles. The summed E-state index contributed by atoms with van der Waals surface area (Å²) in [5, 5.41) is 0. The summed E-state index contributed by atoms with van der Waals surface area (Å²) in [6.45, 7) is 3.14. The Bertz CT molecular complexity index is 393. The first-order valence-corrected chi connectivity index (χ1v) is 8.81. The van der Waals surface area contributed by atoms with Gasteiger partial charge in [-0.25, -0.2) is 0 Å². The van der Waals surface area contributed by atoms with Gasteiger partial charge in [0.25, 0.3) is 10.2 Å². The maximum absolute atomic E-state index is 12.7. The van der Waals surface area contributed by atoms with E-state index < -0.39 is 10.2 Å². The Balaban J connectivity index is 2.08. The van der Waals surface area contributed by atoms with Gasteiger partial charge in [0.15, 0.2) is 0 Å². The fraction of sp³-hybridized carbons (Fsp3) is 1.00. The Morgan fingerprint density at radius 1 is 1.26 bits per heavy atom. The predicted octanol–water partition coefficient (Wildman–Crippen LogP) is 1.16. The Labute approximate surface area is 117 Å². The van der Waals surface area contributed by atoms with E-state index in [0.29, 0.717) is 19.0 Å². The summed E-state index contributed by atoms with van der Waals surface area (Å²) in [6.07, 6.45) is 6.40. The molecule has 1 aliphatic carbocycles. The molecule has 2 rings (SSSR count). The lowest BCUT2D eigenvalue weighted by Crippen LogP contribution is -2.48. The van der Waals surface area contributed by atoms with E-state index in [1.54, 1.807) is 15.7 Å². The van der Waals surface area contributed by atoms with Crippen molar-refractivity contribution in [2.75, 3.05) is 20.1 Å². The van der Waals surface area contributed by atoms with Crippen molar-refractivity contribution in [2.24, 2.45) is 11.7 Å². The maximum Gasteiger partial charge on any atom is 0.282 e. The van der Waals surface area contributed by atoms with Crippen molar-refractivity contribution in [2.45, 2.75) is 57.5 Å². The van der Waals surface area contributed by atoms with E-state index in [4.69, 9.17) is 5.73 Å². The first kappa shape index (κ1) is 15.2. The van der Waals surface area contributed by atoms with Crippen LogP contribution < -0.4 is 5.73 Å². The zero-order valence-corrected chi connectivity index (χ0v) is 12.9. The lowest BCUT2D eigenvalue weighted by molar-refractivity contribution is 0.260. The normalized spacial score (nSPS) is 31.2. The molecule has 1 saturated heterocycles. The van der Waals surface area contributed by atoms with Gasteiger partial charge in [-0.15, -0.1) is 0 Å². The van der Waals surface area contributed by atoms with Gasteiger partial charge >= 0.3 is 0 Å². The Morgan fingerprint density at radius 3 is 2.42 bits per heavy atom. The van der Waals surface area contributed by atoms with Gasteiger partial charge in [0, 0.05) is 25.7 Å². The molecule has 112 valence electrons. The molecule has 0 aromatic rings. The second-order valence-corrected chi connectivity index (χ2v) is 8.01. The molecular formula is C13H27N3O2S. The Morgan fingerprint density at radius 2 is 1.89 bits per heavy atom. The summed E-state index contributed by atoms with van der Waals surface area (Å²) in [6, 6.07) is 0.257. The van der Waals surface area contributed by atoms with Crippen molar-refractivity contribution in [3.8, 4) is 0 Å². The molecule has 2 fully saturated rings. The van der Waals surface area contributed by atoms with E-state index in [9.17, 15) is 8.42 Å². The quantitative estimate of drug-likeness (QED) is 0.844. The number of rotatable bonds is 4. The standard InChI is InChI=1S/C13H27N3O2S/c1-11-8-12(9-14)10-16(11)19(17,18)15(2)13-6-4-3-5-7-13/h11-13H,3-10,14H2,1-2H3. The highest BCUT2D eigenvalue weighted by Gasteiger charge is 2.40. The van der Waals surface area contributed by atoms with Crippen molar-refractivity contribution < 1.29 is 8.42 Å². The molecule has 6 heteroatoms. The summed E-state index contributed by atoms with van der Waals surface area (Å²) < 4.78 is 28.7. The van der Waals surface area contributed by atoms with Gasteiger partial charge < -0.3 is 5.73 Å². The first-order valence-electron chi connectivity index (χ1n) is 7.41. The highest BCUT2D eigenvalue weighted by atomic mass is 32.2. The minimum Gasteiger partial charge on any atom is -0.330 e. The third-order valence-corrected chi connectivity index (χ3v) is 6.81. The van der Waals surface area contributed by atoms with E-state index in [-0.39, 0.29) is 12.1 Å². The molecule has 2 N–H and O–H groups in total. The zero-order chi connectivity index (χ0) is 14.0. The highest BCUT2D eigenvalue weighted by Crippen LogP contribution is 2.30. The average Bonchev–Trinajstić information content (AvgIpc) is 2.81. The average molecular weight is 289 g/mol. The molecule has 1 aliphatic heterocycles. The van der Waals surface area contributed by atoms with Gasteiger partial charge in [-0.2, -0.15) is 17.0 Å². The van der Waals surface area contributed by atoms with Crippen LogP contribution in [0.15, 0.2) is 0 Å². The van der Waals surface area contributed by atoms with E-state index in [2.05, 4.69) is 0 Å². The maximum atomic E-state index is 12.7. The SMILES string of the molecule is CC1CC(CN)CN1S(=O)(=O)N(C)C1CCCCC1. The third-order valence-electron chi connectivity index (χ3n) is 4.69. The molecule has 2 atom stereocenters. The lowest BCUT2D eigenvalue weighted by atomic mass is 9.96. The van der Waals surface area contributed by atoms with E-state index in [1.165, 1.54) is 6.42 Å². The molecule has 2 unspecified atom stereocenters. The Kier molecular flexibility index (Phi) is 4.87. The molecule has 0 spiro atoms. The Hall–Kier alpha value is -0.170. The fourth-order valence-electron chi connectivity index (χ4n) is 3.40. The molecule has 0 bridgehead atoms. The van der Waals surface area contributed by atoms with Crippen LogP contribution >= 0.6 is 0 Å². The van der Waals surface area contributed by atoms with Gasteiger partial charge in [-0.05, 0) is 38.6 Å². The van der Waals surface area contributed by atoms with Crippen LogP contribution in [0, 0.1) is 5.92 Å². The molecule has 0 amide bonds.